The predicted molar refractivity (Wildman–Crippen MR) is 58.6 cm³/mol. The summed E-state index contributed by atoms with van der Waals surface area (Å²) in [6.07, 6.45) is 1.91. The average molecular weight is 210 g/mol. The molecule has 0 fully saturated rings. The monoisotopic (exact) mass is 210 g/mol. The van der Waals surface area contributed by atoms with Gasteiger partial charge < -0.3 is 10.6 Å². The van der Waals surface area contributed by atoms with Crippen molar-refractivity contribution in [2.75, 3.05) is 6.54 Å². The van der Waals surface area contributed by atoms with E-state index in [9.17, 15) is 0 Å². The number of hydrogen-bond acceptors (Lipinski definition) is 5. The van der Waals surface area contributed by atoms with Gasteiger partial charge in [-0.1, -0.05) is 0 Å². The SMILES string of the molecule is Cc1ncc(CNC2=NCC(C)N2)s1. The van der Waals surface area contributed by atoms with E-state index in [4.69, 9.17) is 0 Å². The Morgan fingerprint density at radius 3 is 3.14 bits per heavy atom. The number of hydrogen-bond donors (Lipinski definition) is 2. The Hall–Kier alpha value is -1.10. The maximum Gasteiger partial charge on any atom is 0.191 e. The highest BCUT2D eigenvalue weighted by molar-refractivity contribution is 7.11. The average Bonchev–Trinajstić information content (AvgIpc) is 2.72. The number of aliphatic imine (C=N–C) groups is 1. The maximum atomic E-state index is 4.32. The molecule has 1 atom stereocenters. The molecule has 1 aromatic rings. The molecule has 1 aromatic heterocycles. The van der Waals surface area contributed by atoms with Crippen molar-refractivity contribution in [2.24, 2.45) is 4.99 Å². The minimum atomic E-state index is 0.459. The molecule has 0 bridgehead atoms. The first-order valence-corrected chi connectivity index (χ1v) is 5.52. The molecule has 1 aliphatic heterocycles. The summed E-state index contributed by atoms with van der Waals surface area (Å²) in [6.45, 7) is 5.81. The van der Waals surface area contributed by atoms with E-state index in [2.05, 4.69) is 27.5 Å². The predicted octanol–water partition coefficient (Wildman–Crippen LogP) is 0.889. The van der Waals surface area contributed by atoms with E-state index in [0.717, 1.165) is 24.1 Å². The fourth-order valence-electron chi connectivity index (χ4n) is 1.32. The molecule has 0 aromatic carbocycles. The highest BCUT2D eigenvalue weighted by Gasteiger charge is 2.11. The van der Waals surface area contributed by atoms with E-state index in [0.29, 0.717) is 6.04 Å². The lowest BCUT2D eigenvalue weighted by atomic mass is 10.4. The Morgan fingerprint density at radius 1 is 1.71 bits per heavy atom. The van der Waals surface area contributed by atoms with Gasteiger partial charge in [0.15, 0.2) is 5.96 Å². The van der Waals surface area contributed by atoms with Gasteiger partial charge in [-0.2, -0.15) is 0 Å². The smallest absolute Gasteiger partial charge is 0.191 e. The Kier molecular flexibility index (Phi) is 2.67. The zero-order valence-corrected chi connectivity index (χ0v) is 9.19. The van der Waals surface area contributed by atoms with Crippen LogP contribution in [0.5, 0.6) is 0 Å². The maximum absolute atomic E-state index is 4.32. The van der Waals surface area contributed by atoms with Gasteiger partial charge in [0, 0.05) is 17.1 Å². The van der Waals surface area contributed by atoms with Gasteiger partial charge in [-0.25, -0.2) is 4.98 Å². The first-order valence-electron chi connectivity index (χ1n) is 4.70. The van der Waals surface area contributed by atoms with E-state index in [1.54, 1.807) is 11.3 Å². The third-order valence-electron chi connectivity index (χ3n) is 2.01. The van der Waals surface area contributed by atoms with Crippen LogP contribution in [0.2, 0.25) is 0 Å². The molecule has 0 saturated heterocycles. The van der Waals surface area contributed by atoms with Crippen molar-refractivity contribution >= 4 is 17.3 Å². The Balaban J connectivity index is 1.83. The van der Waals surface area contributed by atoms with Gasteiger partial charge in [0.25, 0.3) is 0 Å². The van der Waals surface area contributed by atoms with Crippen LogP contribution in [0.3, 0.4) is 0 Å². The van der Waals surface area contributed by atoms with Crippen LogP contribution < -0.4 is 10.6 Å². The lowest BCUT2D eigenvalue weighted by molar-refractivity contribution is 0.714. The molecule has 14 heavy (non-hydrogen) atoms. The van der Waals surface area contributed by atoms with Gasteiger partial charge in [-0.15, -0.1) is 11.3 Å². The van der Waals surface area contributed by atoms with Crippen LogP contribution in [-0.4, -0.2) is 23.5 Å². The van der Waals surface area contributed by atoms with E-state index < -0.39 is 0 Å². The summed E-state index contributed by atoms with van der Waals surface area (Å²) in [5.74, 6) is 0.906. The molecule has 0 aliphatic carbocycles. The minimum absolute atomic E-state index is 0.459. The van der Waals surface area contributed by atoms with Gasteiger partial charge in [-0.05, 0) is 13.8 Å². The van der Waals surface area contributed by atoms with E-state index in [-0.39, 0.29) is 0 Å². The van der Waals surface area contributed by atoms with Crippen LogP contribution in [-0.2, 0) is 6.54 Å². The van der Waals surface area contributed by atoms with Gasteiger partial charge in [-0.3, -0.25) is 4.99 Å². The first kappa shape index (κ1) is 9.45. The second-order valence-electron chi connectivity index (χ2n) is 3.43. The molecular formula is C9H14N4S. The summed E-state index contributed by atoms with van der Waals surface area (Å²) in [5, 5.41) is 7.61. The number of nitrogens with one attached hydrogen (secondary N) is 2. The Bertz CT molecular complexity index is 344. The summed E-state index contributed by atoms with van der Waals surface area (Å²) < 4.78 is 0. The zero-order chi connectivity index (χ0) is 9.97. The highest BCUT2D eigenvalue weighted by Crippen LogP contribution is 2.10. The van der Waals surface area contributed by atoms with Crippen molar-refractivity contribution in [1.82, 2.24) is 15.6 Å². The normalized spacial score (nSPS) is 20.4. The summed E-state index contributed by atoms with van der Waals surface area (Å²) in [5.41, 5.74) is 0. The molecule has 0 saturated carbocycles. The van der Waals surface area contributed by atoms with Crippen molar-refractivity contribution in [3.8, 4) is 0 Å². The minimum Gasteiger partial charge on any atom is -0.352 e. The van der Waals surface area contributed by atoms with Crippen molar-refractivity contribution < 1.29 is 0 Å². The van der Waals surface area contributed by atoms with E-state index in [1.165, 1.54) is 4.88 Å². The third kappa shape index (κ3) is 2.23. The number of thiazole rings is 1. The molecule has 5 heteroatoms. The fourth-order valence-corrected chi connectivity index (χ4v) is 2.05. The van der Waals surface area contributed by atoms with Crippen molar-refractivity contribution in [3.05, 3.63) is 16.1 Å². The number of rotatable bonds is 2. The number of nitrogens with zero attached hydrogens (tertiary/aromatic N) is 2. The van der Waals surface area contributed by atoms with Gasteiger partial charge in [0.2, 0.25) is 0 Å². The zero-order valence-electron chi connectivity index (χ0n) is 8.37. The van der Waals surface area contributed by atoms with E-state index >= 15 is 0 Å². The molecule has 0 radical (unpaired) electrons. The highest BCUT2D eigenvalue weighted by atomic mass is 32.1. The van der Waals surface area contributed by atoms with Crippen LogP contribution in [0.15, 0.2) is 11.2 Å². The topological polar surface area (TPSA) is 49.3 Å². The molecule has 2 heterocycles. The van der Waals surface area contributed by atoms with E-state index in [1.807, 2.05) is 13.1 Å². The van der Waals surface area contributed by atoms with Gasteiger partial charge >= 0.3 is 0 Å². The van der Waals surface area contributed by atoms with Crippen LogP contribution in [0, 0.1) is 6.92 Å². The fraction of sp³-hybridized carbons (Fsp3) is 0.556. The summed E-state index contributed by atoms with van der Waals surface area (Å²) >= 11 is 1.72. The summed E-state index contributed by atoms with van der Waals surface area (Å²) in [4.78, 5) is 9.75. The molecule has 76 valence electrons. The largest absolute Gasteiger partial charge is 0.352 e. The molecule has 4 nitrogen and oxygen atoms in total. The number of guanidine groups is 1. The molecular weight excluding hydrogens is 196 g/mol. The van der Waals surface area contributed by atoms with Gasteiger partial charge in [0.1, 0.15) is 0 Å². The van der Waals surface area contributed by atoms with Crippen LogP contribution in [0.4, 0.5) is 0 Å². The van der Waals surface area contributed by atoms with Crippen LogP contribution in [0.25, 0.3) is 0 Å². The standard InChI is InChI=1S/C9H14N4S/c1-6-3-11-9(13-6)12-5-8-4-10-7(2)14-8/h4,6H,3,5H2,1-2H3,(H2,11,12,13). The summed E-state index contributed by atoms with van der Waals surface area (Å²) in [7, 11) is 0. The third-order valence-corrected chi connectivity index (χ3v) is 2.92. The van der Waals surface area contributed by atoms with Crippen molar-refractivity contribution in [1.29, 1.82) is 0 Å². The molecule has 0 amide bonds. The molecule has 1 unspecified atom stereocenters. The molecule has 1 aliphatic rings. The Morgan fingerprint density at radius 2 is 2.57 bits per heavy atom. The van der Waals surface area contributed by atoms with Gasteiger partial charge in [0.05, 0.1) is 18.1 Å². The first-order chi connectivity index (χ1) is 6.74. The molecule has 2 N–H and O–H groups in total. The molecule has 0 spiro atoms. The Labute approximate surface area is 87.5 Å². The second-order valence-corrected chi connectivity index (χ2v) is 4.75. The quantitative estimate of drug-likeness (QED) is 0.762. The van der Waals surface area contributed by atoms with Crippen molar-refractivity contribution in [3.63, 3.8) is 0 Å². The molecule has 2 rings (SSSR count). The lowest BCUT2D eigenvalue weighted by Crippen LogP contribution is -2.36. The summed E-state index contributed by atoms with van der Waals surface area (Å²) in [6, 6.07) is 0.459. The number of aryl methyl sites for hydroxylation is 1. The van der Waals surface area contributed by atoms with Crippen LogP contribution >= 0.6 is 11.3 Å². The second kappa shape index (κ2) is 3.96. The lowest BCUT2D eigenvalue weighted by Gasteiger charge is -2.06. The van der Waals surface area contributed by atoms with Crippen LogP contribution in [0.1, 0.15) is 16.8 Å². The number of aromatic nitrogens is 1. The van der Waals surface area contributed by atoms with Crippen molar-refractivity contribution in [2.45, 2.75) is 26.4 Å².